The maximum Gasteiger partial charge on any atom is 0.390 e. The summed E-state index contributed by atoms with van der Waals surface area (Å²) in [6, 6.07) is 8.05. The van der Waals surface area contributed by atoms with E-state index in [1.54, 1.807) is 42.9 Å². The molecular formula is C15H18F3N3. The Morgan fingerprint density at radius 3 is 2.57 bits per heavy atom. The summed E-state index contributed by atoms with van der Waals surface area (Å²) in [5.74, 6) is 0. The van der Waals surface area contributed by atoms with Crippen molar-refractivity contribution < 1.29 is 13.2 Å². The van der Waals surface area contributed by atoms with E-state index in [9.17, 15) is 13.2 Å². The van der Waals surface area contributed by atoms with Crippen LogP contribution < -0.4 is 5.32 Å². The zero-order chi connectivity index (χ0) is 15.1. The average Bonchev–Trinajstić information content (AvgIpc) is 2.95. The molecule has 114 valence electrons. The highest BCUT2D eigenvalue weighted by Crippen LogP contribution is 2.29. The number of aromatic nitrogens is 2. The van der Waals surface area contributed by atoms with Crippen LogP contribution in [0.25, 0.3) is 0 Å². The number of nitrogens with one attached hydrogen (secondary N) is 1. The Morgan fingerprint density at radius 1 is 1.19 bits per heavy atom. The van der Waals surface area contributed by atoms with Crippen molar-refractivity contribution in [3.63, 3.8) is 0 Å². The normalized spacial score (nSPS) is 13.3. The zero-order valence-electron chi connectivity index (χ0n) is 11.6. The van der Waals surface area contributed by atoms with Gasteiger partial charge in [0.1, 0.15) is 0 Å². The molecule has 0 aliphatic rings. The van der Waals surface area contributed by atoms with E-state index in [2.05, 4.69) is 10.3 Å². The summed E-state index contributed by atoms with van der Waals surface area (Å²) in [6.45, 7) is 1.26. The Kier molecular flexibility index (Phi) is 5.38. The molecule has 0 saturated heterocycles. The van der Waals surface area contributed by atoms with Crippen LogP contribution in [-0.2, 0) is 6.54 Å². The fourth-order valence-corrected chi connectivity index (χ4v) is 2.18. The van der Waals surface area contributed by atoms with Crippen LogP contribution in [0, 0.1) is 0 Å². The molecule has 2 rings (SSSR count). The molecule has 0 aliphatic carbocycles. The van der Waals surface area contributed by atoms with Gasteiger partial charge in [-0.25, -0.2) is 4.98 Å². The molecule has 0 bridgehead atoms. The average molecular weight is 297 g/mol. The fraction of sp³-hybridized carbons (Fsp3) is 0.400. The van der Waals surface area contributed by atoms with Gasteiger partial charge in [0, 0.05) is 25.0 Å². The summed E-state index contributed by atoms with van der Waals surface area (Å²) >= 11 is 0. The van der Waals surface area contributed by atoms with Gasteiger partial charge in [-0.05, 0) is 18.5 Å². The lowest BCUT2D eigenvalue weighted by molar-refractivity contribution is -0.140. The van der Waals surface area contributed by atoms with Gasteiger partial charge in [0.05, 0.1) is 12.7 Å². The number of imidazole rings is 1. The minimum absolute atomic E-state index is 0.522. The van der Waals surface area contributed by atoms with E-state index >= 15 is 0 Å². The molecule has 3 nitrogen and oxygen atoms in total. The van der Waals surface area contributed by atoms with Crippen molar-refractivity contribution in [2.75, 3.05) is 6.54 Å². The third kappa shape index (κ3) is 5.59. The second kappa shape index (κ2) is 7.26. The first-order valence-electron chi connectivity index (χ1n) is 6.85. The molecule has 6 heteroatoms. The van der Waals surface area contributed by atoms with Gasteiger partial charge in [0.15, 0.2) is 0 Å². The topological polar surface area (TPSA) is 29.9 Å². The van der Waals surface area contributed by atoms with Crippen LogP contribution in [0.1, 0.15) is 24.4 Å². The van der Waals surface area contributed by atoms with Gasteiger partial charge < -0.3 is 9.88 Å². The van der Waals surface area contributed by atoms with E-state index in [1.165, 1.54) is 0 Å². The van der Waals surface area contributed by atoms with Crippen LogP contribution in [-0.4, -0.2) is 22.3 Å². The number of hydrogen-bond acceptors (Lipinski definition) is 2. The Labute approximate surface area is 121 Å². The molecule has 0 radical (unpaired) electrons. The lowest BCUT2D eigenvalue weighted by Gasteiger charge is -2.21. The summed E-state index contributed by atoms with van der Waals surface area (Å²) in [5.41, 5.74) is 0.664. The molecule has 21 heavy (non-hydrogen) atoms. The lowest BCUT2D eigenvalue weighted by atomic mass is 10.0. The smallest absolute Gasteiger partial charge is 0.337 e. The van der Waals surface area contributed by atoms with Gasteiger partial charge in [-0.1, -0.05) is 30.3 Å². The molecular weight excluding hydrogens is 279 g/mol. The van der Waals surface area contributed by atoms with Crippen molar-refractivity contribution in [1.29, 1.82) is 0 Å². The molecule has 0 saturated carbocycles. The molecule has 2 aromatic rings. The highest BCUT2D eigenvalue weighted by molar-refractivity contribution is 5.19. The number of rotatable bonds is 7. The Balaban J connectivity index is 1.87. The van der Waals surface area contributed by atoms with E-state index in [4.69, 9.17) is 0 Å². The summed E-state index contributed by atoms with van der Waals surface area (Å²) in [5, 5.41) is 3.00. The van der Waals surface area contributed by atoms with E-state index in [1.807, 2.05) is 10.8 Å². The quantitative estimate of drug-likeness (QED) is 0.792. The Hall–Kier alpha value is -1.82. The van der Waals surface area contributed by atoms with Crippen LogP contribution in [0.15, 0.2) is 49.1 Å². The first-order valence-corrected chi connectivity index (χ1v) is 6.85. The number of benzene rings is 1. The van der Waals surface area contributed by atoms with Crippen molar-refractivity contribution in [2.45, 2.75) is 31.6 Å². The van der Waals surface area contributed by atoms with Crippen molar-refractivity contribution in [3.05, 3.63) is 54.6 Å². The van der Waals surface area contributed by atoms with Crippen LogP contribution in [0.3, 0.4) is 0 Å². The zero-order valence-corrected chi connectivity index (χ0v) is 11.6. The molecule has 1 atom stereocenters. The van der Waals surface area contributed by atoms with Crippen LogP contribution in [0.5, 0.6) is 0 Å². The summed E-state index contributed by atoms with van der Waals surface area (Å²) < 4.78 is 39.9. The molecule has 1 aromatic heterocycles. The SMILES string of the molecule is FC(F)(F)CC(NCCCn1ccnc1)c1ccccc1. The van der Waals surface area contributed by atoms with Crippen molar-refractivity contribution in [3.8, 4) is 0 Å². The number of halogens is 3. The van der Waals surface area contributed by atoms with E-state index in [-0.39, 0.29) is 0 Å². The van der Waals surface area contributed by atoms with Gasteiger partial charge >= 0.3 is 6.18 Å². The van der Waals surface area contributed by atoms with E-state index < -0.39 is 18.6 Å². The minimum atomic E-state index is -4.18. The maximum atomic E-state index is 12.7. The first-order chi connectivity index (χ1) is 10.0. The molecule has 1 aromatic carbocycles. The highest BCUT2D eigenvalue weighted by atomic mass is 19.4. The number of nitrogens with zero attached hydrogens (tertiary/aromatic N) is 2. The summed E-state index contributed by atoms with van der Waals surface area (Å²) in [7, 11) is 0. The first kappa shape index (κ1) is 15.6. The maximum absolute atomic E-state index is 12.7. The van der Waals surface area contributed by atoms with E-state index in [0.717, 1.165) is 13.0 Å². The fourth-order valence-electron chi connectivity index (χ4n) is 2.18. The van der Waals surface area contributed by atoms with Gasteiger partial charge in [-0.2, -0.15) is 13.2 Å². The predicted octanol–water partition coefficient (Wildman–Crippen LogP) is 3.56. The van der Waals surface area contributed by atoms with Gasteiger partial charge in [0.25, 0.3) is 0 Å². The third-order valence-electron chi connectivity index (χ3n) is 3.18. The lowest BCUT2D eigenvalue weighted by Crippen LogP contribution is -2.28. The van der Waals surface area contributed by atoms with Gasteiger partial charge in [0.2, 0.25) is 0 Å². The monoisotopic (exact) mass is 297 g/mol. The van der Waals surface area contributed by atoms with Crippen LogP contribution in [0.2, 0.25) is 0 Å². The van der Waals surface area contributed by atoms with E-state index in [0.29, 0.717) is 12.1 Å². The van der Waals surface area contributed by atoms with Gasteiger partial charge in [-0.15, -0.1) is 0 Å². The standard InChI is InChI=1S/C15H18F3N3/c16-15(17,18)11-14(13-5-2-1-3-6-13)20-7-4-9-21-10-8-19-12-21/h1-3,5-6,8,10,12,14,20H,4,7,9,11H2. The molecule has 0 aliphatic heterocycles. The molecule has 1 heterocycles. The number of aryl methyl sites for hydroxylation is 1. The largest absolute Gasteiger partial charge is 0.390 e. The van der Waals surface area contributed by atoms with Crippen LogP contribution in [0.4, 0.5) is 13.2 Å². The molecule has 1 unspecified atom stereocenters. The van der Waals surface area contributed by atoms with Crippen molar-refractivity contribution in [1.82, 2.24) is 14.9 Å². The molecule has 1 N–H and O–H groups in total. The molecule has 0 fully saturated rings. The minimum Gasteiger partial charge on any atom is -0.337 e. The van der Waals surface area contributed by atoms with Crippen molar-refractivity contribution in [2.24, 2.45) is 0 Å². The third-order valence-corrected chi connectivity index (χ3v) is 3.18. The predicted molar refractivity (Wildman–Crippen MR) is 74.7 cm³/mol. The second-order valence-corrected chi connectivity index (χ2v) is 4.89. The Morgan fingerprint density at radius 2 is 1.95 bits per heavy atom. The summed E-state index contributed by atoms with van der Waals surface area (Å²) in [6.07, 6.45) is 0.927. The number of alkyl halides is 3. The number of hydrogen-bond donors (Lipinski definition) is 1. The highest BCUT2D eigenvalue weighted by Gasteiger charge is 2.32. The second-order valence-electron chi connectivity index (χ2n) is 4.89. The molecule has 0 spiro atoms. The van der Waals surface area contributed by atoms with Crippen LogP contribution >= 0.6 is 0 Å². The summed E-state index contributed by atoms with van der Waals surface area (Å²) in [4.78, 5) is 3.93. The van der Waals surface area contributed by atoms with Gasteiger partial charge in [-0.3, -0.25) is 0 Å². The molecule has 0 amide bonds. The Bertz CT molecular complexity index is 509. The van der Waals surface area contributed by atoms with Crippen molar-refractivity contribution >= 4 is 0 Å².